The molecule has 2 aromatic carbocycles. The van der Waals surface area contributed by atoms with Gasteiger partial charge in [-0.25, -0.2) is 0 Å². The van der Waals surface area contributed by atoms with E-state index in [0.717, 1.165) is 43.2 Å². The zero-order valence-corrected chi connectivity index (χ0v) is 17.8. The van der Waals surface area contributed by atoms with Crippen molar-refractivity contribution in [1.29, 1.82) is 0 Å². The monoisotopic (exact) mass is 409 g/mol. The van der Waals surface area contributed by atoms with Gasteiger partial charge >= 0.3 is 0 Å². The molecule has 30 heavy (non-hydrogen) atoms. The van der Waals surface area contributed by atoms with Crippen LogP contribution in [0.3, 0.4) is 0 Å². The van der Waals surface area contributed by atoms with E-state index in [1.165, 1.54) is 6.42 Å². The number of rotatable bonds is 5. The molecule has 2 aromatic rings. The van der Waals surface area contributed by atoms with Gasteiger partial charge in [-0.3, -0.25) is 14.5 Å². The van der Waals surface area contributed by atoms with Gasteiger partial charge < -0.3 is 14.5 Å². The first-order chi connectivity index (χ1) is 14.6. The number of carbonyl (C=O) groups is 2. The summed E-state index contributed by atoms with van der Waals surface area (Å²) in [7, 11) is 0. The largest absolute Gasteiger partial charge is 0.484 e. The Morgan fingerprint density at radius 3 is 2.47 bits per heavy atom. The van der Waals surface area contributed by atoms with Crippen molar-refractivity contribution in [1.82, 2.24) is 14.7 Å². The Morgan fingerprint density at radius 2 is 1.70 bits per heavy atom. The molecule has 2 aliphatic heterocycles. The highest BCUT2D eigenvalue weighted by atomic mass is 16.5. The quantitative estimate of drug-likeness (QED) is 0.762. The van der Waals surface area contributed by atoms with Gasteiger partial charge in [-0.2, -0.15) is 0 Å². The molecule has 6 heteroatoms. The molecule has 2 heterocycles. The molecule has 0 N–H and O–H groups in total. The zero-order chi connectivity index (χ0) is 20.9. The summed E-state index contributed by atoms with van der Waals surface area (Å²) < 4.78 is 5.75. The number of hydrogen-bond donors (Lipinski definition) is 0. The van der Waals surface area contributed by atoms with Crippen molar-refractivity contribution in [3.05, 3.63) is 42.5 Å². The number of ether oxygens (including phenoxy) is 1. The van der Waals surface area contributed by atoms with Crippen molar-refractivity contribution in [2.75, 3.05) is 45.9 Å². The van der Waals surface area contributed by atoms with Crippen LogP contribution in [0.4, 0.5) is 0 Å². The number of amides is 2. The molecule has 6 nitrogen and oxygen atoms in total. The molecule has 160 valence electrons. The highest BCUT2D eigenvalue weighted by Crippen LogP contribution is 2.21. The SMILES string of the molecule is C[C@H]1CCCCN1C(=O)CN1CCN(C(=O)COc2ccc3ccccc3c2)CC1. The molecule has 0 unspecified atom stereocenters. The molecule has 1 atom stereocenters. The van der Waals surface area contributed by atoms with Gasteiger partial charge in [0.1, 0.15) is 5.75 Å². The van der Waals surface area contributed by atoms with Gasteiger partial charge in [0, 0.05) is 38.8 Å². The Morgan fingerprint density at radius 1 is 0.933 bits per heavy atom. The molecule has 0 saturated carbocycles. The zero-order valence-electron chi connectivity index (χ0n) is 17.8. The molecule has 0 bridgehead atoms. The van der Waals surface area contributed by atoms with E-state index in [4.69, 9.17) is 4.74 Å². The highest BCUT2D eigenvalue weighted by Gasteiger charge is 2.27. The average Bonchev–Trinajstić information content (AvgIpc) is 2.78. The van der Waals surface area contributed by atoms with Crippen LogP contribution in [0.2, 0.25) is 0 Å². The first kappa shape index (κ1) is 20.7. The third-order valence-corrected chi connectivity index (χ3v) is 6.29. The van der Waals surface area contributed by atoms with Gasteiger partial charge in [-0.15, -0.1) is 0 Å². The van der Waals surface area contributed by atoms with Gasteiger partial charge in [0.2, 0.25) is 5.91 Å². The highest BCUT2D eigenvalue weighted by molar-refractivity contribution is 5.84. The van der Waals surface area contributed by atoms with Gasteiger partial charge in [0.25, 0.3) is 5.91 Å². The Labute approximate surface area is 178 Å². The summed E-state index contributed by atoms with van der Waals surface area (Å²) >= 11 is 0. The van der Waals surface area contributed by atoms with E-state index in [-0.39, 0.29) is 18.4 Å². The number of likely N-dealkylation sites (tertiary alicyclic amines) is 1. The second-order valence-electron chi connectivity index (χ2n) is 8.39. The normalized spacial score (nSPS) is 20.4. The molecule has 0 aliphatic carbocycles. The molecule has 2 aliphatic rings. The number of benzene rings is 2. The van der Waals surface area contributed by atoms with Crippen LogP contribution in [-0.4, -0.2) is 78.4 Å². The van der Waals surface area contributed by atoms with E-state index in [2.05, 4.69) is 17.9 Å². The lowest BCUT2D eigenvalue weighted by Gasteiger charge is -2.38. The van der Waals surface area contributed by atoms with Crippen LogP contribution in [0.25, 0.3) is 10.8 Å². The van der Waals surface area contributed by atoms with Crippen molar-refractivity contribution in [2.45, 2.75) is 32.2 Å². The minimum Gasteiger partial charge on any atom is -0.484 e. The Balaban J connectivity index is 1.22. The van der Waals surface area contributed by atoms with Crippen LogP contribution >= 0.6 is 0 Å². The molecule has 2 fully saturated rings. The van der Waals surface area contributed by atoms with E-state index in [1.54, 1.807) is 0 Å². The number of nitrogens with zero attached hydrogens (tertiary/aromatic N) is 3. The third kappa shape index (κ3) is 4.93. The van der Waals surface area contributed by atoms with Crippen molar-refractivity contribution in [3.63, 3.8) is 0 Å². The van der Waals surface area contributed by atoms with Crippen LogP contribution in [0, 0.1) is 0 Å². The van der Waals surface area contributed by atoms with E-state index in [0.29, 0.717) is 31.4 Å². The maximum atomic E-state index is 12.6. The molecule has 4 rings (SSSR count). The predicted molar refractivity (Wildman–Crippen MR) is 117 cm³/mol. The minimum absolute atomic E-state index is 0.00112. The number of hydrogen-bond acceptors (Lipinski definition) is 4. The average molecular weight is 410 g/mol. The van der Waals surface area contributed by atoms with Gasteiger partial charge in [0.15, 0.2) is 6.61 Å². The summed E-state index contributed by atoms with van der Waals surface area (Å²) in [5, 5.41) is 2.25. The van der Waals surface area contributed by atoms with Gasteiger partial charge in [-0.1, -0.05) is 30.3 Å². The maximum absolute atomic E-state index is 12.6. The molecule has 0 radical (unpaired) electrons. The van der Waals surface area contributed by atoms with Crippen LogP contribution in [0.5, 0.6) is 5.75 Å². The van der Waals surface area contributed by atoms with Crippen molar-refractivity contribution in [3.8, 4) is 5.75 Å². The number of carbonyl (C=O) groups excluding carboxylic acids is 2. The Hall–Kier alpha value is -2.60. The number of fused-ring (bicyclic) bond motifs is 1. The summed E-state index contributed by atoms with van der Waals surface area (Å²) in [4.78, 5) is 31.2. The molecule has 0 aromatic heterocycles. The first-order valence-electron chi connectivity index (χ1n) is 11.0. The van der Waals surface area contributed by atoms with E-state index >= 15 is 0 Å². The second-order valence-corrected chi connectivity index (χ2v) is 8.39. The van der Waals surface area contributed by atoms with Crippen molar-refractivity contribution >= 4 is 22.6 Å². The summed E-state index contributed by atoms with van der Waals surface area (Å²) in [5.41, 5.74) is 0. The predicted octanol–water partition coefficient (Wildman–Crippen LogP) is 2.76. The van der Waals surface area contributed by atoms with E-state index < -0.39 is 0 Å². The molecular weight excluding hydrogens is 378 g/mol. The third-order valence-electron chi connectivity index (χ3n) is 6.29. The fourth-order valence-electron chi connectivity index (χ4n) is 4.40. The number of piperazine rings is 1. The Kier molecular flexibility index (Phi) is 6.53. The summed E-state index contributed by atoms with van der Waals surface area (Å²) in [6.45, 7) is 6.27. The fraction of sp³-hybridized carbons (Fsp3) is 0.500. The molecule has 2 saturated heterocycles. The van der Waals surface area contributed by atoms with Crippen LogP contribution in [0.15, 0.2) is 42.5 Å². The van der Waals surface area contributed by atoms with Crippen LogP contribution in [0.1, 0.15) is 26.2 Å². The molecule has 2 amide bonds. The lowest BCUT2D eigenvalue weighted by molar-refractivity contribution is -0.138. The van der Waals surface area contributed by atoms with Gasteiger partial charge in [0.05, 0.1) is 6.54 Å². The molecular formula is C24H31N3O3. The van der Waals surface area contributed by atoms with E-state index in [9.17, 15) is 9.59 Å². The van der Waals surface area contributed by atoms with Crippen molar-refractivity contribution < 1.29 is 14.3 Å². The molecule has 0 spiro atoms. The van der Waals surface area contributed by atoms with Gasteiger partial charge in [-0.05, 0) is 49.1 Å². The maximum Gasteiger partial charge on any atom is 0.260 e. The van der Waals surface area contributed by atoms with E-state index in [1.807, 2.05) is 46.2 Å². The topological polar surface area (TPSA) is 53.1 Å². The lowest BCUT2D eigenvalue weighted by Crippen LogP contribution is -2.53. The first-order valence-corrected chi connectivity index (χ1v) is 11.0. The fourth-order valence-corrected chi connectivity index (χ4v) is 4.40. The summed E-state index contributed by atoms with van der Waals surface area (Å²) in [6, 6.07) is 14.3. The smallest absolute Gasteiger partial charge is 0.260 e. The second kappa shape index (κ2) is 9.47. The summed E-state index contributed by atoms with van der Waals surface area (Å²) in [5.74, 6) is 0.933. The van der Waals surface area contributed by atoms with Crippen LogP contribution < -0.4 is 4.74 Å². The Bertz CT molecular complexity index is 892. The number of piperidine rings is 1. The summed E-state index contributed by atoms with van der Waals surface area (Å²) in [6.07, 6.45) is 3.42. The minimum atomic E-state index is -0.00112. The van der Waals surface area contributed by atoms with Crippen LogP contribution in [-0.2, 0) is 9.59 Å². The lowest BCUT2D eigenvalue weighted by atomic mass is 10.0. The standard InChI is InChI=1S/C24H31N3O3/c1-19-6-4-5-11-27(19)23(28)17-25-12-14-26(15-13-25)24(29)18-30-22-10-9-20-7-2-3-8-21(20)16-22/h2-3,7-10,16,19H,4-6,11-15,17-18H2,1H3/t19-/m0/s1. The van der Waals surface area contributed by atoms with Crippen molar-refractivity contribution in [2.24, 2.45) is 0 Å².